The average molecular weight is 350 g/mol. The zero-order chi connectivity index (χ0) is 18.1. The number of rotatable bonds is 10. The molecule has 2 rings (SSSR count). The van der Waals surface area contributed by atoms with Gasteiger partial charge in [0.05, 0.1) is 6.61 Å². The number of phenolic OH excluding ortho intramolecular Hbond substituents is 1. The number of aromatic hydroxyl groups is 1. The van der Waals surface area contributed by atoms with Gasteiger partial charge in [-0.1, -0.05) is 0 Å². The van der Waals surface area contributed by atoms with Crippen LogP contribution in [0, 0.1) is 0 Å². The first-order chi connectivity index (χ1) is 12.1. The Kier molecular flexibility index (Phi) is 7.34. The van der Waals surface area contributed by atoms with Crippen LogP contribution in [0.25, 0.3) is 0 Å². The fourth-order valence-corrected chi connectivity index (χ4v) is 1.85. The quantitative estimate of drug-likeness (QED) is 0.505. The molecule has 25 heavy (non-hydrogen) atoms. The predicted octanol–water partition coefficient (Wildman–Crippen LogP) is 0.943. The highest BCUT2D eigenvalue weighted by molar-refractivity contribution is 5.31. The van der Waals surface area contributed by atoms with Gasteiger partial charge in [0, 0.05) is 0 Å². The van der Waals surface area contributed by atoms with Crippen molar-refractivity contribution in [3.05, 3.63) is 48.5 Å². The third kappa shape index (κ3) is 6.88. The van der Waals surface area contributed by atoms with Gasteiger partial charge in [0.1, 0.15) is 55.0 Å². The molecule has 2 aromatic carbocycles. The first-order valence-electron chi connectivity index (χ1n) is 7.81. The molecule has 0 aromatic heterocycles. The van der Waals surface area contributed by atoms with Crippen molar-refractivity contribution in [3.8, 4) is 23.0 Å². The number of ether oxygens (including phenoxy) is 3. The Bertz CT molecular complexity index is 612. The summed E-state index contributed by atoms with van der Waals surface area (Å²) >= 11 is 0. The van der Waals surface area contributed by atoms with Crippen LogP contribution in [-0.4, -0.2) is 59.1 Å². The molecule has 0 aliphatic rings. The van der Waals surface area contributed by atoms with Gasteiger partial charge in [-0.25, -0.2) is 0 Å². The molecule has 4 N–H and O–H groups in total. The van der Waals surface area contributed by atoms with Gasteiger partial charge in [-0.2, -0.15) is 0 Å². The lowest BCUT2D eigenvalue weighted by molar-refractivity contribution is 0.0534. The predicted molar refractivity (Wildman–Crippen MR) is 90.1 cm³/mol. The molecule has 7 nitrogen and oxygen atoms in total. The van der Waals surface area contributed by atoms with E-state index < -0.39 is 12.2 Å². The molecule has 0 saturated carbocycles. The van der Waals surface area contributed by atoms with Crippen LogP contribution in [0.1, 0.15) is 0 Å². The van der Waals surface area contributed by atoms with E-state index in [4.69, 9.17) is 19.3 Å². The Hall–Kier alpha value is -2.48. The molecule has 0 bridgehead atoms. The molecule has 0 aliphatic carbocycles. The number of phenols is 1. The summed E-state index contributed by atoms with van der Waals surface area (Å²) in [5.41, 5.74) is 0. The molecule has 0 saturated heterocycles. The highest BCUT2D eigenvalue weighted by atomic mass is 16.5. The van der Waals surface area contributed by atoms with E-state index in [-0.39, 0.29) is 32.2 Å². The van der Waals surface area contributed by atoms with Gasteiger partial charge in [-0.3, -0.25) is 0 Å². The van der Waals surface area contributed by atoms with E-state index in [9.17, 15) is 15.3 Å². The fraction of sp³-hybridized carbons (Fsp3) is 0.333. The van der Waals surface area contributed by atoms with Gasteiger partial charge in [-0.15, -0.1) is 0 Å². The monoisotopic (exact) mass is 350 g/mol. The average Bonchev–Trinajstić information content (AvgIpc) is 2.64. The maximum atomic E-state index is 9.88. The van der Waals surface area contributed by atoms with E-state index in [0.29, 0.717) is 17.2 Å². The molecular weight excluding hydrogens is 328 g/mol. The van der Waals surface area contributed by atoms with E-state index in [2.05, 4.69) is 0 Å². The summed E-state index contributed by atoms with van der Waals surface area (Å²) in [7, 11) is 0. The van der Waals surface area contributed by atoms with Gasteiger partial charge in [0.25, 0.3) is 0 Å². The van der Waals surface area contributed by atoms with Crippen molar-refractivity contribution >= 4 is 0 Å². The molecule has 2 unspecified atom stereocenters. The van der Waals surface area contributed by atoms with Crippen molar-refractivity contribution in [3.63, 3.8) is 0 Å². The largest absolute Gasteiger partial charge is 0.508 e. The van der Waals surface area contributed by atoms with Gasteiger partial charge in [0.2, 0.25) is 0 Å². The van der Waals surface area contributed by atoms with Crippen molar-refractivity contribution < 1.29 is 34.6 Å². The lowest BCUT2D eigenvalue weighted by Gasteiger charge is -2.14. The normalized spacial score (nSPS) is 13.1. The first-order valence-corrected chi connectivity index (χ1v) is 7.81. The van der Waals surface area contributed by atoms with E-state index >= 15 is 0 Å². The molecule has 0 amide bonds. The third-order valence-corrected chi connectivity index (χ3v) is 3.20. The van der Waals surface area contributed by atoms with Crippen LogP contribution in [0.3, 0.4) is 0 Å². The SMILES string of the molecule is OCC(O)COc1ccc(OCC(O)COc2ccc(O)cc2)cc1. The maximum absolute atomic E-state index is 9.88. The molecule has 0 spiro atoms. The van der Waals surface area contributed by atoms with Gasteiger partial charge in [-0.05, 0) is 48.5 Å². The Morgan fingerprint density at radius 2 is 1.00 bits per heavy atom. The summed E-state index contributed by atoms with van der Waals surface area (Å²) in [6.45, 7) is -0.234. The van der Waals surface area contributed by atoms with Crippen molar-refractivity contribution in [2.45, 2.75) is 12.2 Å². The van der Waals surface area contributed by atoms with Crippen LogP contribution in [0.15, 0.2) is 48.5 Å². The highest BCUT2D eigenvalue weighted by Crippen LogP contribution is 2.18. The number of aliphatic hydroxyl groups excluding tert-OH is 3. The number of aliphatic hydroxyl groups is 3. The van der Waals surface area contributed by atoms with Crippen molar-refractivity contribution in [1.29, 1.82) is 0 Å². The van der Waals surface area contributed by atoms with Crippen LogP contribution < -0.4 is 14.2 Å². The van der Waals surface area contributed by atoms with Crippen LogP contribution in [0.2, 0.25) is 0 Å². The summed E-state index contributed by atoms with van der Waals surface area (Å²) in [5, 5.41) is 37.0. The number of hydrogen-bond donors (Lipinski definition) is 4. The molecule has 0 radical (unpaired) electrons. The zero-order valence-electron chi connectivity index (χ0n) is 13.6. The molecule has 0 fully saturated rings. The van der Waals surface area contributed by atoms with Crippen LogP contribution in [0.4, 0.5) is 0 Å². The Labute approximate surface area is 145 Å². The van der Waals surface area contributed by atoms with Gasteiger partial charge >= 0.3 is 0 Å². The Balaban J connectivity index is 1.70. The Morgan fingerprint density at radius 1 is 0.640 bits per heavy atom. The molecule has 0 aliphatic heterocycles. The molecule has 2 aromatic rings. The van der Waals surface area contributed by atoms with Crippen molar-refractivity contribution in [2.75, 3.05) is 26.4 Å². The highest BCUT2D eigenvalue weighted by Gasteiger charge is 2.08. The van der Waals surface area contributed by atoms with E-state index in [1.165, 1.54) is 12.1 Å². The Morgan fingerprint density at radius 3 is 1.40 bits per heavy atom. The lowest BCUT2D eigenvalue weighted by Crippen LogP contribution is -2.25. The van der Waals surface area contributed by atoms with Crippen LogP contribution in [0.5, 0.6) is 23.0 Å². The second-order valence-electron chi connectivity index (χ2n) is 5.39. The minimum absolute atomic E-state index is 0.00399. The summed E-state index contributed by atoms with van der Waals surface area (Å²) in [6, 6.07) is 12.9. The number of hydrogen-bond acceptors (Lipinski definition) is 7. The second kappa shape index (κ2) is 9.73. The molecular formula is C18H22O7. The van der Waals surface area contributed by atoms with Crippen molar-refractivity contribution in [1.82, 2.24) is 0 Å². The summed E-state index contributed by atoms with van der Waals surface area (Å²) < 4.78 is 16.1. The van der Waals surface area contributed by atoms with Gasteiger partial charge in [0.15, 0.2) is 0 Å². The van der Waals surface area contributed by atoms with Gasteiger partial charge < -0.3 is 34.6 Å². The lowest BCUT2D eigenvalue weighted by atomic mass is 10.3. The third-order valence-electron chi connectivity index (χ3n) is 3.20. The number of benzene rings is 2. The van der Waals surface area contributed by atoms with Crippen LogP contribution in [-0.2, 0) is 0 Å². The smallest absolute Gasteiger partial charge is 0.122 e. The topological polar surface area (TPSA) is 109 Å². The summed E-state index contributed by atoms with van der Waals surface area (Å²) in [6.07, 6.45) is -1.73. The maximum Gasteiger partial charge on any atom is 0.122 e. The fourth-order valence-electron chi connectivity index (χ4n) is 1.85. The molecule has 0 heterocycles. The van der Waals surface area contributed by atoms with E-state index in [1.807, 2.05) is 0 Å². The minimum atomic E-state index is -0.917. The minimum Gasteiger partial charge on any atom is -0.508 e. The summed E-state index contributed by atoms with van der Waals surface area (Å²) in [5.74, 6) is 1.78. The molecule has 2 atom stereocenters. The van der Waals surface area contributed by atoms with E-state index in [1.54, 1.807) is 36.4 Å². The molecule has 7 heteroatoms. The summed E-state index contributed by atoms with van der Waals surface area (Å²) in [4.78, 5) is 0. The first kappa shape index (κ1) is 18.9. The van der Waals surface area contributed by atoms with E-state index in [0.717, 1.165) is 0 Å². The van der Waals surface area contributed by atoms with Crippen LogP contribution >= 0.6 is 0 Å². The zero-order valence-corrected chi connectivity index (χ0v) is 13.6. The standard InChI is InChI=1S/C18H22O7/c19-9-14(21)10-23-17-5-7-18(8-6-17)25-12-15(22)11-24-16-3-1-13(20)2-4-16/h1-8,14-15,19-22H,9-12H2. The molecule has 136 valence electrons. The second-order valence-corrected chi connectivity index (χ2v) is 5.39. The van der Waals surface area contributed by atoms with Crippen molar-refractivity contribution in [2.24, 2.45) is 0 Å².